The second-order valence-corrected chi connectivity index (χ2v) is 4.97. The summed E-state index contributed by atoms with van der Waals surface area (Å²) in [6.07, 6.45) is 2.73. The van der Waals surface area contributed by atoms with Crippen molar-refractivity contribution in [1.29, 1.82) is 0 Å². The fourth-order valence-corrected chi connectivity index (χ4v) is 2.58. The van der Waals surface area contributed by atoms with Gasteiger partial charge in [0.15, 0.2) is 0 Å². The maximum Gasteiger partial charge on any atom is 0.123 e. The number of methoxy groups -OCH3 is 1. The third-order valence-electron chi connectivity index (χ3n) is 3.68. The molecular weight excluding hydrogens is 224 g/mol. The minimum absolute atomic E-state index is 0.337. The summed E-state index contributed by atoms with van der Waals surface area (Å²) in [5.41, 5.74) is 1.24. The summed E-state index contributed by atoms with van der Waals surface area (Å²) >= 11 is 0. The average molecular weight is 248 g/mol. The van der Waals surface area contributed by atoms with Gasteiger partial charge < -0.3 is 15.0 Å². The van der Waals surface area contributed by atoms with Gasteiger partial charge in [-0.2, -0.15) is 0 Å². The van der Waals surface area contributed by atoms with Crippen LogP contribution >= 0.6 is 0 Å². The van der Waals surface area contributed by atoms with Gasteiger partial charge in [-0.25, -0.2) is 0 Å². The first-order chi connectivity index (χ1) is 8.81. The van der Waals surface area contributed by atoms with Gasteiger partial charge in [0, 0.05) is 24.7 Å². The van der Waals surface area contributed by atoms with Crippen molar-refractivity contribution in [1.82, 2.24) is 10.2 Å². The molecule has 1 atom stereocenters. The second kappa shape index (κ2) is 6.76. The number of nitrogens with zero attached hydrogens (tertiary/aromatic N) is 1. The Morgan fingerprint density at radius 1 is 1.28 bits per heavy atom. The number of likely N-dealkylation sites (tertiary alicyclic amines) is 1. The largest absolute Gasteiger partial charge is 0.496 e. The molecular formula is C15H24N2O. The number of hydrogen-bond donors (Lipinski definition) is 1. The van der Waals surface area contributed by atoms with Crippen LogP contribution in [0.2, 0.25) is 0 Å². The van der Waals surface area contributed by atoms with Crippen molar-refractivity contribution >= 4 is 0 Å². The van der Waals surface area contributed by atoms with E-state index in [0.29, 0.717) is 6.04 Å². The average Bonchev–Trinajstić information content (AvgIpc) is 2.91. The number of rotatable bonds is 6. The molecule has 0 aromatic heterocycles. The molecule has 0 spiro atoms. The van der Waals surface area contributed by atoms with Crippen LogP contribution in [0.25, 0.3) is 0 Å². The third-order valence-corrected chi connectivity index (χ3v) is 3.68. The highest BCUT2D eigenvalue weighted by Gasteiger charge is 2.13. The molecule has 1 aromatic carbocycles. The van der Waals surface area contributed by atoms with Gasteiger partial charge in [0.1, 0.15) is 5.75 Å². The van der Waals surface area contributed by atoms with Gasteiger partial charge in [-0.1, -0.05) is 18.2 Å². The van der Waals surface area contributed by atoms with Crippen molar-refractivity contribution < 1.29 is 4.74 Å². The van der Waals surface area contributed by atoms with Crippen LogP contribution in [0.5, 0.6) is 5.75 Å². The molecule has 100 valence electrons. The molecule has 18 heavy (non-hydrogen) atoms. The second-order valence-electron chi connectivity index (χ2n) is 4.97. The van der Waals surface area contributed by atoms with Gasteiger partial charge in [0.2, 0.25) is 0 Å². The van der Waals surface area contributed by atoms with E-state index in [1.807, 2.05) is 12.1 Å². The highest BCUT2D eigenvalue weighted by Crippen LogP contribution is 2.24. The fraction of sp³-hybridized carbons (Fsp3) is 0.600. The van der Waals surface area contributed by atoms with Crippen LogP contribution < -0.4 is 10.1 Å². The zero-order chi connectivity index (χ0) is 12.8. The van der Waals surface area contributed by atoms with E-state index >= 15 is 0 Å². The SMILES string of the molecule is COc1ccccc1C(C)NCCN1CCCC1. The molecule has 2 rings (SSSR count). The first-order valence-electron chi connectivity index (χ1n) is 6.90. The third kappa shape index (κ3) is 3.47. The van der Waals surface area contributed by atoms with Gasteiger partial charge in [-0.15, -0.1) is 0 Å². The van der Waals surface area contributed by atoms with Crippen LogP contribution in [0.4, 0.5) is 0 Å². The topological polar surface area (TPSA) is 24.5 Å². The minimum atomic E-state index is 0.337. The number of hydrogen-bond acceptors (Lipinski definition) is 3. The molecule has 1 aliphatic rings. The Labute approximate surface area is 110 Å². The van der Waals surface area contributed by atoms with Crippen LogP contribution in [0.1, 0.15) is 31.4 Å². The van der Waals surface area contributed by atoms with Crippen LogP contribution in [-0.2, 0) is 0 Å². The molecule has 1 unspecified atom stereocenters. The highest BCUT2D eigenvalue weighted by atomic mass is 16.5. The number of benzene rings is 1. The highest BCUT2D eigenvalue weighted by molar-refractivity contribution is 5.35. The summed E-state index contributed by atoms with van der Waals surface area (Å²) in [5.74, 6) is 0.971. The van der Waals surface area contributed by atoms with Gasteiger partial charge >= 0.3 is 0 Å². The quantitative estimate of drug-likeness (QED) is 0.837. The molecule has 0 bridgehead atoms. The van der Waals surface area contributed by atoms with E-state index in [-0.39, 0.29) is 0 Å². The summed E-state index contributed by atoms with van der Waals surface area (Å²) in [4.78, 5) is 2.53. The van der Waals surface area contributed by atoms with Crippen LogP contribution in [0, 0.1) is 0 Å². The van der Waals surface area contributed by atoms with Crippen molar-refractivity contribution in [3.63, 3.8) is 0 Å². The number of para-hydroxylation sites is 1. The fourth-order valence-electron chi connectivity index (χ4n) is 2.58. The maximum atomic E-state index is 5.40. The van der Waals surface area contributed by atoms with E-state index in [0.717, 1.165) is 18.8 Å². The molecule has 0 amide bonds. The van der Waals surface area contributed by atoms with E-state index in [1.54, 1.807) is 7.11 Å². The zero-order valence-corrected chi connectivity index (χ0v) is 11.5. The minimum Gasteiger partial charge on any atom is -0.496 e. The first kappa shape index (κ1) is 13.4. The normalized spacial score (nSPS) is 17.9. The van der Waals surface area contributed by atoms with Crippen LogP contribution in [0.15, 0.2) is 24.3 Å². The van der Waals surface area contributed by atoms with E-state index in [9.17, 15) is 0 Å². The van der Waals surface area contributed by atoms with E-state index in [1.165, 1.54) is 31.5 Å². The lowest BCUT2D eigenvalue weighted by atomic mass is 10.1. The molecule has 3 nitrogen and oxygen atoms in total. The van der Waals surface area contributed by atoms with Crippen LogP contribution in [0.3, 0.4) is 0 Å². The number of ether oxygens (including phenoxy) is 1. The number of nitrogens with one attached hydrogen (secondary N) is 1. The van der Waals surface area contributed by atoms with Gasteiger partial charge in [0.05, 0.1) is 7.11 Å². The lowest BCUT2D eigenvalue weighted by molar-refractivity contribution is 0.328. The molecule has 1 heterocycles. The standard InChI is InChI=1S/C15H24N2O/c1-13(14-7-3-4-8-15(14)18-2)16-9-12-17-10-5-6-11-17/h3-4,7-8,13,16H,5-6,9-12H2,1-2H3. The first-order valence-corrected chi connectivity index (χ1v) is 6.90. The Morgan fingerprint density at radius 2 is 2.00 bits per heavy atom. The molecule has 1 N–H and O–H groups in total. The summed E-state index contributed by atoms with van der Waals surface area (Å²) in [6, 6.07) is 8.57. The summed E-state index contributed by atoms with van der Waals surface area (Å²) in [5, 5.41) is 3.58. The van der Waals surface area contributed by atoms with Gasteiger partial charge in [-0.3, -0.25) is 0 Å². The van der Waals surface area contributed by atoms with Gasteiger partial charge in [0.25, 0.3) is 0 Å². The monoisotopic (exact) mass is 248 g/mol. The smallest absolute Gasteiger partial charge is 0.123 e. The lowest BCUT2D eigenvalue weighted by Crippen LogP contribution is -2.31. The molecule has 1 aliphatic heterocycles. The Bertz CT molecular complexity index is 361. The Balaban J connectivity index is 1.81. The summed E-state index contributed by atoms with van der Waals surface area (Å²) < 4.78 is 5.40. The Hall–Kier alpha value is -1.06. The van der Waals surface area contributed by atoms with E-state index in [4.69, 9.17) is 4.74 Å². The molecule has 3 heteroatoms. The van der Waals surface area contributed by atoms with Crippen molar-refractivity contribution in [3.8, 4) is 5.75 Å². The van der Waals surface area contributed by atoms with E-state index < -0.39 is 0 Å². The summed E-state index contributed by atoms with van der Waals surface area (Å²) in [6.45, 7) is 6.93. The predicted molar refractivity (Wildman–Crippen MR) is 75.1 cm³/mol. The van der Waals surface area contributed by atoms with Crippen molar-refractivity contribution in [2.45, 2.75) is 25.8 Å². The maximum absolute atomic E-state index is 5.40. The van der Waals surface area contributed by atoms with Crippen LogP contribution in [-0.4, -0.2) is 38.2 Å². The van der Waals surface area contributed by atoms with E-state index in [2.05, 4.69) is 29.3 Å². The molecule has 1 aromatic rings. The molecule has 0 radical (unpaired) electrons. The molecule has 1 saturated heterocycles. The van der Waals surface area contributed by atoms with Crippen molar-refractivity contribution in [3.05, 3.63) is 29.8 Å². The predicted octanol–water partition coefficient (Wildman–Crippen LogP) is 2.44. The zero-order valence-electron chi connectivity index (χ0n) is 11.5. The van der Waals surface area contributed by atoms with Gasteiger partial charge in [-0.05, 0) is 38.9 Å². The lowest BCUT2D eigenvalue weighted by Gasteiger charge is -2.20. The molecule has 0 saturated carbocycles. The summed E-state index contributed by atoms with van der Waals surface area (Å²) in [7, 11) is 1.73. The molecule has 1 fully saturated rings. The molecule has 0 aliphatic carbocycles. The van der Waals surface area contributed by atoms with Crippen molar-refractivity contribution in [2.75, 3.05) is 33.3 Å². The Kier molecular flexibility index (Phi) is 5.02. The van der Waals surface area contributed by atoms with Crippen molar-refractivity contribution in [2.24, 2.45) is 0 Å². The Morgan fingerprint density at radius 3 is 2.72 bits per heavy atom.